The number of hydrogen-bond donors (Lipinski definition) is 4. The van der Waals surface area contributed by atoms with E-state index >= 15 is 0 Å². The lowest BCUT2D eigenvalue weighted by Gasteiger charge is -2.40. The Morgan fingerprint density at radius 1 is 1.00 bits per heavy atom. The summed E-state index contributed by atoms with van der Waals surface area (Å²) in [4.78, 5) is 68.0. The molecule has 0 aromatic heterocycles. The van der Waals surface area contributed by atoms with E-state index in [9.17, 15) is 32.4 Å². The molecule has 5 atom stereocenters. The van der Waals surface area contributed by atoms with Gasteiger partial charge in [-0.2, -0.15) is 0 Å². The van der Waals surface area contributed by atoms with Crippen LogP contribution in [0.15, 0.2) is 0 Å². The predicted molar refractivity (Wildman–Crippen MR) is 169 cm³/mol. The number of rotatable bonds is 11. The number of sulfone groups is 1. The second kappa shape index (κ2) is 13.4. The lowest BCUT2D eigenvalue weighted by molar-refractivity contribution is -0.145. The summed E-state index contributed by atoms with van der Waals surface area (Å²) in [6.45, 7) is 9.45. The summed E-state index contributed by atoms with van der Waals surface area (Å²) in [5.74, 6) is 1.08. The minimum atomic E-state index is -3.41. The fourth-order valence-electron chi connectivity index (χ4n) is 7.03. The number of likely N-dealkylation sites (tertiary alicyclic amines) is 1. The van der Waals surface area contributed by atoms with E-state index < -0.39 is 68.5 Å². The number of urea groups is 1. The van der Waals surface area contributed by atoms with Crippen molar-refractivity contribution < 1.29 is 32.4 Å². The molecule has 3 fully saturated rings. The first kappa shape index (κ1) is 35.9. The first-order chi connectivity index (χ1) is 20.8. The maximum Gasteiger partial charge on any atom is 0.315 e. The van der Waals surface area contributed by atoms with Crippen LogP contribution >= 0.6 is 0 Å². The van der Waals surface area contributed by atoms with Crippen LogP contribution in [0.25, 0.3) is 0 Å². The number of carbonyl (C=O) groups excluding carboxylic acids is 5. The Hall–Kier alpha value is -3.58. The van der Waals surface area contributed by atoms with Crippen LogP contribution < -0.4 is 21.3 Å². The van der Waals surface area contributed by atoms with Crippen LogP contribution in [0.4, 0.5) is 4.79 Å². The van der Waals surface area contributed by atoms with Crippen molar-refractivity contribution in [3.63, 3.8) is 0 Å². The fourth-order valence-corrected chi connectivity index (χ4v) is 8.40. The number of amides is 5. The van der Waals surface area contributed by atoms with Crippen LogP contribution in [0.2, 0.25) is 0 Å². The van der Waals surface area contributed by atoms with Crippen molar-refractivity contribution in [2.75, 3.05) is 25.1 Å². The third kappa shape index (κ3) is 8.37. The monoisotopic (exact) mass is 645 g/mol. The highest BCUT2D eigenvalue weighted by atomic mass is 32.2. The van der Waals surface area contributed by atoms with Gasteiger partial charge in [0.05, 0.1) is 17.8 Å². The average molecular weight is 646 g/mol. The maximum atomic E-state index is 14.2. The number of terminal acetylenes is 2. The molecular weight excluding hydrogens is 598 g/mol. The summed E-state index contributed by atoms with van der Waals surface area (Å²) in [6.07, 6.45) is 15.0. The molecule has 0 bridgehead atoms. The summed E-state index contributed by atoms with van der Waals surface area (Å²) in [5, 5.41) is 10.6. The van der Waals surface area contributed by atoms with Crippen molar-refractivity contribution >= 4 is 39.4 Å². The third-order valence-corrected chi connectivity index (χ3v) is 10.5. The van der Waals surface area contributed by atoms with Gasteiger partial charge < -0.3 is 26.2 Å². The van der Waals surface area contributed by atoms with E-state index in [1.165, 1.54) is 4.90 Å². The van der Waals surface area contributed by atoms with E-state index in [2.05, 4.69) is 33.1 Å². The first-order valence-corrected chi connectivity index (χ1v) is 17.4. The number of nitrogens with zero attached hydrogens (tertiary/aromatic N) is 1. The molecule has 1 heterocycles. The van der Waals surface area contributed by atoms with Crippen LogP contribution in [0.5, 0.6) is 0 Å². The van der Waals surface area contributed by atoms with Gasteiger partial charge >= 0.3 is 6.03 Å². The molecule has 0 radical (unpaired) electrons. The molecule has 2 saturated carbocycles. The highest BCUT2D eigenvalue weighted by Gasteiger charge is 2.70. The van der Waals surface area contributed by atoms with Crippen molar-refractivity contribution in [1.29, 1.82) is 0 Å². The number of carbonyl (C=O) groups is 5. The van der Waals surface area contributed by atoms with Crippen LogP contribution in [0.3, 0.4) is 0 Å². The summed E-state index contributed by atoms with van der Waals surface area (Å²) in [6, 6.07) is -4.01. The zero-order chi connectivity index (χ0) is 34.0. The van der Waals surface area contributed by atoms with Crippen molar-refractivity contribution in [3.05, 3.63) is 0 Å². The molecule has 13 heteroatoms. The van der Waals surface area contributed by atoms with Gasteiger partial charge in [0.25, 0.3) is 5.91 Å². The normalized spacial score (nSPS) is 24.4. The minimum Gasteiger partial charge on any atom is -0.343 e. The lowest BCUT2D eigenvalue weighted by Crippen LogP contribution is -2.63. The maximum absolute atomic E-state index is 14.2. The van der Waals surface area contributed by atoms with E-state index in [1.54, 1.807) is 20.8 Å². The second-order valence-electron chi connectivity index (χ2n) is 14.4. The Bertz CT molecular complexity index is 1400. The minimum absolute atomic E-state index is 0.00706. The third-order valence-electron chi connectivity index (χ3n) is 9.41. The Kier molecular flexibility index (Phi) is 10.7. The van der Waals surface area contributed by atoms with Gasteiger partial charge in [0.2, 0.25) is 17.6 Å². The molecule has 5 amide bonds. The van der Waals surface area contributed by atoms with Crippen molar-refractivity contribution in [2.24, 2.45) is 22.7 Å². The number of hydrogen-bond acceptors (Lipinski definition) is 7. The molecule has 3 rings (SSSR count). The SMILES string of the molecule is C#CCNC(=O)C(=O)C(CC#C)NC(=O)[C@@H]1[C@@H]2[C@H](CN1C(=O)[C@@H](NC(=O)NC1(CS(C)(=O)=O)CCCCC1)C(C)(C)C)C2(C)C. The van der Waals surface area contributed by atoms with E-state index in [1.807, 2.05) is 13.8 Å². The van der Waals surface area contributed by atoms with E-state index in [4.69, 9.17) is 12.8 Å². The zero-order valence-electron chi connectivity index (χ0n) is 27.1. The number of nitrogens with one attached hydrogen (secondary N) is 4. The van der Waals surface area contributed by atoms with E-state index in [-0.39, 0.29) is 42.5 Å². The van der Waals surface area contributed by atoms with Crippen LogP contribution in [0, 0.1) is 47.4 Å². The molecule has 12 nitrogen and oxygen atoms in total. The Morgan fingerprint density at radius 2 is 1.62 bits per heavy atom. The molecule has 0 aromatic rings. The molecule has 4 N–H and O–H groups in total. The van der Waals surface area contributed by atoms with Crippen molar-refractivity contribution in [3.8, 4) is 24.7 Å². The number of fused-ring (bicyclic) bond motifs is 1. The molecule has 2 aliphatic carbocycles. The summed E-state index contributed by atoms with van der Waals surface area (Å²) in [5.41, 5.74) is -1.98. The Labute approximate surface area is 266 Å². The van der Waals surface area contributed by atoms with Gasteiger partial charge in [0, 0.05) is 19.2 Å². The second-order valence-corrected chi connectivity index (χ2v) is 16.6. The molecule has 3 aliphatic rings. The van der Waals surface area contributed by atoms with Gasteiger partial charge in [-0.1, -0.05) is 59.8 Å². The van der Waals surface area contributed by atoms with Crippen LogP contribution in [0.1, 0.15) is 73.1 Å². The molecule has 1 aliphatic heterocycles. The lowest BCUT2D eigenvalue weighted by atomic mass is 9.83. The van der Waals surface area contributed by atoms with E-state index in [0.717, 1.165) is 25.5 Å². The fraction of sp³-hybridized carbons (Fsp3) is 0.719. The molecule has 45 heavy (non-hydrogen) atoms. The van der Waals surface area contributed by atoms with E-state index in [0.29, 0.717) is 12.8 Å². The van der Waals surface area contributed by atoms with Crippen molar-refractivity contribution in [1.82, 2.24) is 26.2 Å². The van der Waals surface area contributed by atoms with Gasteiger partial charge in [0.1, 0.15) is 28.0 Å². The molecule has 1 unspecified atom stereocenters. The summed E-state index contributed by atoms with van der Waals surface area (Å²) >= 11 is 0. The predicted octanol–water partition coefficient (Wildman–Crippen LogP) is 0.757. The topological polar surface area (TPSA) is 171 Å². The smallest absolute Gasteiger partial charge is 0.315 e. The summed E-state index contributed by atoms with van der Waals surface area (Å²) in [7, 11) is -3.41. The molecular formula is C32H47N5O7S. The van der Waals surface area contributed by atoms with Gasteiger partial charge in [-0.15, -0.1) is 18.8 Å². The molecule has 0 aromatic carbocycles. The van der Waals surface area contributed by atoms with Gasteiger partial charge in [-0.25, -0.2) is 13.2 Å². The quantitative estimate of drug-likeness (QED) is 0.190. The first-order valence-electron chi connectivity index (χ1n) is 15.3. The van der Waals surface area contributed by atoms with Crippen LogP contribution in [-0.4, -0.2) is 91.6 Å². The molecule has 1 saturated heterocycles. The number of Topliss-reactive ketones (excluding diaryl/α,β-unsaturated/α-hetero) is 1. The standard InChI is InChI=1S/C32H47N5O7S/c1-9-14-21(24(38)27(40)33-17-10-2)34-26(39)23-22-20(31(22,6)7)18-37(23)28(41)25(30(3,4)5)35-29(42)36-32(19-45(8,43)44)15-12-11-13-16-32/h1-2,20-23,25H,11-19H2,3-8H3,(H,33,40)(H,34,39)(H2,35,36,42)/t20-,21?,22-,23-,25+/m0/s1. The highest BCUT2D eigenvalue weighted by Crippen LogP contribution is 2.65. The molecule has 248 valence electrons. The number of piperidine rings is 1. The van der Waals surface area contributed by atoms with Gasteiger partial charge in [0.15, 0.2) is 0 Å². The number of ketones is 1. The van der Waals surface area contributed by atoms with Gasteiger partial charge in [-0.3, -0.25) is 19.2 Å². The summed E-state index contributed by atoms with van der Waals surface area (Å²) < 4.78 is 24.5. The Morgan fingerprint density at radius 3 is 2.16 bits per heavy atom. The highest BCUT2D eigenvalue weighted by molar-refractivity contribution is 7.90. The zero-order valence-corrected chi connectivity index (χ0v) is 27.9. The Balaban J connectivity index is 1.84. The molecule has 0 spiro atoms. The largest absolute Gasteiger partial charge is 0.343 e. The van der Waals surface area contributed by atoms with Crippen LogP contribution in [-0.2, 0) is 29.0 Å². The average Bonchev–Trinajstić information content (AvgIpc) is 3.25. The van der Waals surface area contributed by atoms with Crippen molar-refractivity contribution in [2.45, 2.75) is 96.8 Å². The van der Waals surface area contributed by atoms with Gasteiger partial charge in [-0.05, 0) is 35.5 Å².